The second-order valence-electron chi connectivity index (χ2n) is 4.26. The van der Waals surface area contributed by atoms with Crippen molar-refractivity contribution in [2.75, 3.05) is 18.1 Å². The van der Waals surface area contributed by atoms with Crippen molar-refractivity contribution in [3.05, 3.63) is 29.8 Å². The van der Waals surface area contributed by atoms with Crippen LogP contribution in [0.15, 0.2) is 24.3 Å². The SMILES string of the molecule is N#CCc1cccc(N2CC(CO)CC2=O)c1. The van der Waals surface area contributed by atoms with Crippen LogP contribution >= 0.6 is 0 Å². The first-order chi connectivity index (χ1) is 8.24. The molecule has 1 N–H and O–H groups in total. The third kappa shape index (κ3) is 2.45. The molecule has 0 aromatic heterocycles. The number of carbonyl (C=O) groups is 1. The molecule has 0 saturated carbocycles. The first-order valence-corrected chi connectivity index (χ1v) is 5.61. The number of hydrogen-bond donors (Lipinski definition) is 1. The van der Waals surface area contributed by atoms with E-state index in [-0.39, 0.29) is 18.4 Å². The summed E-state index contributed by atoms with van der Waals surface area (Å²) < 4.78 is 0. The zero-order chi connectivity index (χ0) is 12.3. The maximum atomic E-state index is 11.8. The van der Waals surface area contributed by atoms with Gasteiger partial charge in [-0.1, -0.05) is 12.1 Å². The number of aliphatic hydroxyl groups excluding tert-OH is 1. The number of aliphatic hydroxyl groups is 1. The van der Waals surface area contributed by atoms with Crippen LogP contribution in [-0.4, -0.2) is 24.2 Å². The van der Waals surface area contributed by atoms with Crippen molar-refractivity contribution in [2.24, 2.45) is 5.92 Å². The summed E-state index contributed by atoms with van der Waals surface area (Å²) in [6, 6.07) is 9.53. The Bertz CT molecular complexity index is 465. The van der Waals surface area contributed by atoms with Crippen molar-refractivity contribution in [3.8, 4) is 6.07 Å². The molecule has 1 fully saturated rings. The van der Waals surface area contributed by atoms with Gasteiger partial charge in [-0.25, -0.2) is 0 Å². The van der Waals surface area contributed by atoms with Crippen LogP contribution in [0.5, 0.6) is 0 Å². The Morgan fingerprint density at radius 3 is 3.00 bits per heavy atom. The van der Waals surface area contributed by atoms with Gasteiger partial charge in [-0.05, 0) is 17.7 Å². The van der Waals surface area contributed by atoms with E-state index in [0.717, 1.165) is 11.3 Å². The Kier molecular flexibility index (Phi) is 3.40. The van der Waals surface area contributed by atoms with Crippen molar-refractivity contribution in [2.45, 2.75) is 12.8 Å². The van der Waals surface area contributed by atoms with Crippen molar-refractivity contribution in [1.29, 1.82) is 5.26 Å². The fourth-order valence-electron chi connectivity index (χ4n) is 2.08. The third-order valence-corrected chi connectivity index (χ3v) is 2.97. The number of rotatable bonds is 3. The Hall–Kier alpha value is -1.86. The predicted molar refractivity (Wildman–Crippen MR) is 63.3 cm³/mol. The lowest BCUT2D eigenvalue weighted by molar-refractivity contribution is -0.117. The maximum Gasteiger partial charge on any atom is 0.227 e. The monoisotopic (exact) mass is 230 g/mol. The number of nitrogens with zero attached hydrogens (tertiary/aromatic N) is 2. The predicted octanol–water partition coefficient (Wildman–Crippen LogP) is 1.10. The quantitative estimate of drug-likeness (QED) is 0.845. The molecule has 1 aliphatic rings. The van der Waals surface area contributed by atoms with Gasteiger partial charge in [0.15, 0.2) is 0 Å². The summed E-state index contributed by atoms with van der Waals surface area (Å²) in [6.45, 7) is 0.603. The molecule has 1 unspecified atom stereocenters. The van der Waals surface area contributed by atoms with E-state index in [4.69, 9.17) is 10.4 Å². The standard InChI is InChI=1S/C13H14N2O2/c14-5-4-10-2-1-3-12(6-10)15-8-11(9-16)7-13(15)17/h1-3,6,11,16H,4,7-9H2. The molecule has 1 atom stereocenters. The average Bonchev–Trinajstić information content (AvgIpc) is 2.71. The van der Waals surface area contributed by atoms with E-state index in [0.29, 0.717) is 19.4 Å². The van der Waals surface area contributed by atoms with E-state index in [1.165, 1.54) is 0 Å². The molecule has 88 valence electrons. The molecular formula is C13H14N2O2. The Morgan fingerprint density at radius 2 is 2.35 bits per heavy atom. The van der Waals surface area contributed by atoms with Crippen LogP contribution < -0.4 is 4.90 Å². The Labute approximate surface area is 100 Å². The summed E-state index contributed by atoms with van der Waals surface area (Å²) in [5, 5.41) is 17.7. The van der Waals surface area contributed by atoms with Crippen LogP contribution in [0.1, 0.15) is 12.0 Å². The first kappa shape index (κ1) is 11.6. The van der Waals surface area contributed by atoms with Crippen LogP contribution in [0.2, 0.25) is 0 Å². The zero-order valence-corrected chi connectivity index (χ0v) is 9.47. The molecule has 17 heavy (non-hydrogen) atoms. The van der Waals surface area contributed by atoms with E-state index in [2.05, 4.69) is 6.07 Å². The number of anilines is 1. The first-order valence-electron chi connectivity index (χ1n) is 5.61. The molecule has 1 saturated heterocycles. The zero-order valence-electron chi connectivity index (χ0n) is 9.47. The molecule has 2 rings (SSSR count). The van der Waals surface area contributed by atoms with E-state index in [9.17, 15) is 4.79 Å². The minimum atomic E-state index is 0.0297. The van der Waals surface area contributed by atoms with Crippen molar-refractivity contribution in [3.63, 3.8) is 0 Å². The molecular weight excluding hydrogens is 216 g/mol. The van der Waals surface area contributed by atoms with Gasteiger partial charge in [0.2, 0.25) is 5.91 Å². The Balaban J connectivity index is 2.20. The molecule has 1 aromatic rings. The van der Waals surface area contributed by atoms with Gasteiger partial charge in [0, 0.05) is 31.2 Å². The van der Waals surface area contributed by atoms with Crippen LogP contribution in [0, 0.1) is 17.2 Å². The van der Waals surface area contributed by atoms with Crippen LogP contribution in [0.3, 0.4) is 0 Å². The van der Waals surface area contributed by atoms with Crippen molar-refractivity contribution >= 4 is 11.6 Å². The number of benzene rings is 1. The molecule has 1 heterocycles. The highest BCUT2D eigenvalue weighted by Gasteiger charge is 2.29. The minimum Gasteiger partial charge on any atom is -0.396 e. The normalized spacial score (nSPS) is 19.4. The molecule has 4 nitrogen and oxygen atoms in total. The second-order valence-corrected chi connectivity index (χ2v) is 4.26. The average molecular weight is 230 g/mol. The van der Waals surface area contributed by atoms with Gasteiger partial charge >= 0.3 is 0 Å². The van der Waals surface area contributed by atoms with Gasteiger partial charge in [-0.15, -0.1) is 0 Å². The number of carbonyl (C=O) groups excluding carboxylic acids is 1. The fraction of sp³-hybridized carbons (Fsp3) is 0.385. The summed E-state index contributed by atoms with van der Waals surface area (Å²) >= 11 is 0. The number of amides is 1. The van der Waals surface area contributed by atoms with Crippen LogP contribution in [0.25, 0.3) is 0 Å². The Morgan fingerprint density at radius 1 is 1.53 bits per heavy atom. The number of nitriles is 1. The minimum absolute atomic E-state index is 0.0297. The lowest BCUT2D eigenvalue weighted by atomic mass is 10.1. The van der Waals surface area contributed by atoms with Crippen LogP contribution in [-0.2, 0) is 11.2 Å². The summed E-state index contributed by atoms with van der Waals surface area (Å²) in [6.07, 6.45) is 0.748. The van der Waals surface area contributed by atoms with Gasteiger partial charge < -0.3 is 10.0 Å². The maximum absolute atomic E-state index is 11.8. The van der Waals surface area contributed by atoms with Gasteiger partial charge in [0.25, 0.3) is 0 Å². The molecule has 0 bridgehead atoms. The summed E-state index contributed by atoms with van der Waals surface area (Å²) in [5.41, 5.74) is 1.73. The molecule has 1 amide bonds. The smallest absolute Gasteiger partial charge is 0.227 e. The number of hydrogen-bond acceptors (Lipinski definition) is 3. The molecule has 1 aliphatic heterocycles. The fourth-order valence-corrected chi connectivity index (χ4v) is 2.08. The molecule has 0 spiro atoms. The largest absolute Gasteiger partial charge is 0.396 e. The van der Waals surface area contributed by atoms with Crippen molar-refractivity contribution in [1.82, 2.24) is 0 Å². The van der Waals surface area contributed by atoms with Gasteiger partial charge in [-0.2, -0.15) is 5.26 Å². The molecule has 4 heteroatoms. The van der Waals surface area contributed by atoms with E-state index in [1.54, 1.807) is 4.90 Å². The third-order valence-electron chi connectivity index (χ3n) is 2.97. The molecule has 0 radical (unpaired) electrons. The lowest BCUT2D eigenvalue weighted by Gasteiger charge is -2.17. The topological polar surface area (TPSA) is 64.3 Å². The highest BCUT2D eigenvalue weighted by molar-refractivity contribution is 5.95. The highest BCUT2D eigenvalue weighted by atomic mass is 16.3. The summed E-state index contributed by atoms with van der Waals surface area (Å²) in [7, 11) is 0. The van der Waals surface area contributed by atoms with E-state index < -0.39 is 0 Å². The van der Waals surface area contributed by atoms with E-state index in [1.807, 2.05) is 24.3 Å². The second kappa shape index (κ2) is 4.98. The van der Waals surface area contributed by atoms with Crippen molar-refractivity contribution < 1.29 is 9.90 Å². The van der Waals surface area contributed by atoms with E-state index >= 15 is 0 Å². The molecule has 0 aliphatic carbocycles. The summed E-state index contributed by atoms with van der Waals surface area (Å²) in [4.78, 5) is 13.4. The van der Waals surface area contributed by atoms with Gasteiger partial charge in [-0.3, -0.25) is 4.79 Å². The highest BCUT2D eigenvalue weighted by Crippen LogP contribution is 2.25. The van der Waals surface area contributed by atoms with Gasteiger partial charge in [0.05, 0.1) is 12.5 Å². The van der Waals surface area contributed by atoms with Gasteiger partial charge in [0.1, 0.15) is 0 Å². The summed E-state index contributed by atoms with van der Waals surface area (Å²) in [5.74, 6) is 0.0697. The lowest BCUT2D eigenvalue weighted by Crippen LogP contribution is -2.24. The molecule has 1 aromatic carbocycles. The van der Waals surface area contributed by atoms with Crippen LogP contribution in [0.4, 0.5) is 5.69 Å².